The van der Waals surface area contributed by atoms with Crippen LogP contribution in [0.4, 0.5) is 11.6 Å². The maximum atomic E-state index is 11.1. The van der Waals surface area contributed by atoms with Crippen molar-refractivity contribution in [2.75, 3.05) is 17.7 Å². The maximum Gasteiger partial charge on any atom is 0.252 e. The maximum absolute atomic E-state index is 11.1. The molecule has 2 heterocycles. The predicted molar refractivity (Wildman–Crippen MR) is 65.7 cm³/mol. The molecule has 8 heteroatoms. The van der Waals surface area contributed by atoms with Crippen LogP contribution in [-0.2, 0) is 16.6 Å². The van der Waals surface area contributed by atoms with Crippen molar-refractivity contribution < 1.29 is 4.21 Å². The Morgan fingerprint density at radius 2 is 2.12 bits per heavy atom. The quantitative estimate of drug-likeness (QED) is 0.775. The molecule has 0 fully saturated rings. The Labute approximate surface area is 100 Å². The van der Waals surface area contributed by atoms with Crippen LogP contribution in [0.1, 0.15) is 5.69 Å². The van der Waals surface area contributed by atoms with E-state index in [4.69, 9.17) is 11.5 Å². The van der Waals surface area contributed by atoms with Crippen LogP contribution in [0.2, 0.25) is 0 Å². The van der Waals surface area contributed by atoms with Gasteiger partial charge >= 0.3 is 0 Å². The zero-order chi connectivity index (χ0) is 12.4. The lowest BCUT2D eigenvalue weighted by Crippen LogP contribution is -2.08. The minimum absolute atomic E-state index is 0.310. The predicted octanol–water partition coefficient (Wildman–Crippen LogP) is -0.295. The molecule has 2 aromatic heterocycles. The fraction of sp³-hybridized carbons (Fsp3) is 0.222. The standard InChI is InChI=1S/C9H12N6OS/c1-17(16)5-6-4-8(11)13-9(12-6)15-3-2-7(10)14-15/h2-4H,5H2,1H3,(H2,10,14)(H2,11,12,13). The molecule has 0 aliphatic heterocycles. The molecular formula is C9H12N6OS. The molecule has 0 aromatic carbocycles. The number of rotatable bonds is 3. The third-order valence-electron chi connectivity index (χ3n) is 1.95. The van der Waals surface area contributed by atoms with E-state index < -0.39 is 10.8 Å². The SMILES string of the molecule is CS(=O)Cc1cc(N)nc(-n2ccc(N)n2)n1. The van der Waals surface area contributed by atoms with Gasteiger partial charge in [0.05, 0.1) is 11.4 Å². The van der Waals surface area contributed by atoms with Crippen molar-refractivity contribution in [3.8, 4) is 5.95 Å². The van der Waals surface area contributed by atoms with E-state index >= 15 is 0 Å². The summed E-state index contributed by atoms with van der Waals surface area (Å²) < 4.78 is 12.6. The first-order valence-electron chi connectivity index (χ1n) is 4.79. The zero-order valence-corrected chi connectivity index (χ0v) is 10.0. The van der Waals surface area contributed by atoms with Gasteiger partial charge in [0.2, 0.25) is 0 Å². The van der Waals surface area contributed by atoms with E-state index in [1.165, 1.54) is 4.68 Å². The van der Waals surface area contributed by atoms with Crippen LogP contribution in [0.3, 0.4) is 0 Å². The molecule has 0 saturated carbocycles. The average Bonchev–Trinajstić information content (AvgIpc) is 2.62. The molecule has 0 saturated heterocycles. The zero-order valence-electron chi connectivity index (χ0n) is 9.20. The fourth-order valence-corrected chi connectivity index (χ4v) is 1.90. The largest absolute Gasteiger partial charge is 0.384 e. The van der Waals surface area contributed by atoms with E-state index in [1.807, 2.05) is 0 Å². The van der Waals surface area contributed by atoms with E-state index in [0.29, 0.717) is 29.0 Å². The number of nitrogens with zero attached hydrogens (tertiary/aromatic N) is 4. The van der Waals surface area contributed by atoms with Gasteiger partial charge in [0.25, 0.3) is 5.95 Å². The summed E-state index contributed by atoms with van der Waals surface area (Å²) in [6, 6.07) is 3.22. The molecule has 90 valence electrons. The van der Waals surface area contributed by atoms with Crippen molar-refractivity contribution in [2.24, 2.45) is 0 Å². The third kappa shape index (κ3) is 2.78. The van der Waals surface area contributed by atoms with Crippen LogP contribution in [0.5, 0.6) is 0 Å². The molecule has 0 spiro atoms. The van der Waals surface area contributed by atoms with Crippen LogP contribution in [-0.4, -0.2) is 30.2 Å². The average molecular weight is 252 g/mol. The Kier molecular flexibility index (Phi) is 3.05. The monoisotopic (exact) mass is 252 g/mol. The second-order valence-electron chi connectivity index (χ2n) is 3.49. The Morgan fingerprint density at radius 3 is 2.71 bits per heavy atom. The molecule has 7 nitrogen and oxygen atoms in total. The molecule has 0 aliphatic rings. The van der Waals surface area contributed by atoms with Crippen LogP contribution in [0.15, 0.2) is 18.3 Å². The molecule has 1 unspecified atom stereocenters. The summed E-state index contributed by atoms with van der Waals surface area (Å²) in [7, 11) is -0.984. The number of hydrogen-bond acceptors (Lipinski definition) is 6. The Hall–Kier alpha value is -1.96. The Balaban J connectivity index is 2.41. The van der Waals surface area contributed by atoms with Crippen LogP contribution >= 0.6 is 0 Å². The summed E-state index contributed by atoms with van der Waals surface area (Å²) in [5.74, 6) is 1.33. The minimum Gasteiger partial charge on any atom is -0.384 e. The van der Waals surface area contributed by atoms with Gasteiger partial charge in [-0.25, -0.2) is 9.67 Å². The lowest BCUT2D eigenvalue weighted by molar-refractivity contribution is 0.685. The highest BCUT2D eigenvalue weighted by Crippen LogP contribution is 2.09. The van der Waals surface area contributed by atoms with E-state index in [0.717, 1.165) is 0 Å². The van der Waals surface area contributed by atoms with Gasteiger partial charge in [-0.15, -0.1) is 5.10 Å². The molecule has 2 aromatic rings. The minimum atomic E-state index is -0.984. The van der Waals surface area contributed by atoms with E-state index in [9.17, 15) is 4.21 Å². The van der Waals surface area contributed by atoms with Crippen molar-refractivity contribution in [3.63, 3.8) is 0 Å². The van der Waals surface area contributed by atoms with Gasteiger partial charge in [-0.3, -0.25) is 4.21 Å². The number of nitrogens with two attached hydrogens (primary N) is 2. The van der Waals surface area contributed by atoms with Crippen molar-refractivity contribution in [1.29, 1.82) is 0 Å². The summed E-state index contributed by atoms with van der Waals surface area (Å²) >= 11 is 0. The first-order valence-corrected chi connectivity index (χ1v) is 6.52. The summed E-state index contributed by atoms with van der Waals surface area (Å²) in [6.45, 7) is 0. The number of nitrogen functional groups attached to an aromatic ring is 2. The summed E-state index contributed by atoms with van der Waals surface area (Å²) in [5, 5.41) is 3.98. The van der Waals surface area contributed by atoms with Crippen molar-refractivity contribution in [2.45, 2.75) is 5.75 Å². The van der Waals surface area contributed by atoms with Crippen LogP contribution in [0, 0.1) is 0 Å². The topological polar surface area (TPSA) is 113 Å². The molecule has 0 amide bonds. The van der Waals surface area contributed by atoms with Crippen LogP contribution < -0.4 is 11.5 Å². The normalized spacial score (nSPS) is 12.5. The second kappa shape index (κ2) is 4.50. The molecule has 0 bridgehead atoms. The molecule has 1 atom stereocenters. The fourth-order valence-electron chi connectivity index (χ4n) is 1.34. The van der Waals surface area contributed by atoms with E-state index in [-0.39, 0.29) is 0 Å². The first kappa shape index (κ1) is 11.5. The lowest BCUT2D eigenvalue weighted by Gasteiger charge is -2.04. The van der Waals surface area contributed by atoms with Crippen molar-refractivity contribution >= 4 is 22.4 Å². The first-order chi connectivity index (χ1) is 8.04. The molecule has 0 aliphatic carbocycles. The number of hydrogen-bond donors (Lipinski definition) is 2. The molecule has 17 heavy (non-hydrogen) atoms. The van der Waals surface area contributed by atoms with E-state index in [1.54, 1.807) is 24.6 Å². The van der Waals surface area contributed by atoms with Crippen LogP contribution in [0.25, 0.3) is 5.95 Å². The van der Waals surface area contributed by atoms with Gasteiger partial charge in [-0.05, 0) is 0 Å². The highest BCUT2D eigenvalue weighted by Gasteiger charge is 2.07. The highest BCUT2D eigenvalue weighted by atomic mass is 32.2. The number of anilines is 2. The molecular weight excluding hydrogens is 240 g/mol. The Bertz CT molecular complexity index is 566. The summed E-state index contributed by atoms with van der Waals surface area (Å²) in [4.78, 5) is 8.26. The van der Waals surface area contributed by atoms with Gasteiger partial charge in [-0.2, -0.15) is 4.98 Å². The molecule has 2 rings (SSSR count). The lowest BCUT2D eigenvalue weighted by atomic mass is 10.4. The van der Waals surface area contributed by atoms with Gasteiger partial charge in [0, 0.05) is 35.4 Å². The third-order valence-corrected chi connectivity index (χ3v) is 2.66. The van der Waals surface area contributed by atoms with Gasteiger partial charge in [-0.1, -0.05) is 0 Å². The van der Waals surface area contributed by atoms with Gasteiger partial charge in [0.15, 0.2) is 0 Å². The number of aromatic nitrogens is 4. The van der Waals surface area contributed by atoms with Gasteiger partial charge < -0.3 is 11.5 Å². The molecule has 0 radical (unpaired) electrons. The second-order valence-corrected chi connectivity index (χ2v) is 4.92. The summed E-state index contributed by atoms with van der Waals surface area (Å²) in [6.07, 6.45) is 3.24. The highest BCUT2D eigenvalue weighted by molar-refractivity contribution is 7.83. The summed E-state index contributed by atoms with van der Waals surface area (Å²) in [5.41, 5.74) is 11.8. The van der Waals surface area contributed by atoms with Gasteiger partial charge in [0.1, 0.15) is 11.6 Å². The Morgan fingerprint density at radius 1 is 1.35 bits per heavy atom. The molecule has 4 N–H and O–H groups in total. The van der Waals surface area contributed by atoms with Crippen molar-refractivity contribution in [1.82, 2.24) is 19.7 Å². The smallest absolute Gasteiger partial charge is 0.252 e. The van der Waals surface area contributed by atoms with Crippen molar-refractivity contribution in [3.05, 3.63) is 24.0 Å². The van der Waals surface area contributed by atoms with E-state index in [2.05, 4.69) is 15.1 Å².